The van der Waals surface area contributed by atoms with Gasteiger partial charge >= 0.3 is 0 Å². The van der Waals surface area contributed by atoms with Gasteiger partial charge in [-0.1, -0.05) is 43.7 Å². The van der Waals surface area contributed by atoms with Crippen LogP contribution in [0.15, 0.2) is 41.2 Å². The molecule has 1 aliphatic heterocycles. The zero-order valence-corrected chi connectivity index (χ0v) is 15.1. The number of likely N-dealkylation sites (tertiary alicyclic amines) is 1. The van der Waals surface area contributed by atoms with Gasteiger partial charge in [-0.3, -0.25) is 9.69 Å². The SMILES string of the molecule is CC[C@H]1CCCCN1Cc1c(C)[nH]c2c(ccc3ccccc32)c1=O. The first-order chi connectivity index (χ1) is 12.2. The largest absolute Gasteiger partial charge is 0.358 e. The lowest BCUT2D eigenvalue weighted by Gasteiger charge is -2.35. The highest BCUT2D eigenvalue weighted by Crippen LogP contribution is 2.25. The van der Waals surface area contributed by atoms with Crippen molar-refractivity contribution in [3.8, 4) is 0 Å². The van der Waals surface area contributed by atoms with Gasteiger partial charge in [0.05, 0.1) is 5.52 Å². The van der Waals surface area contributed by atoms with Crippen molar-refractivity contribution in [3.63, 3.8) is 0 Å². The topological polar surface area (TPSA) is 36.1 Å². The number of nitrogens with zero attached hydrogens (tertiary/aromatic N) is 1. The summed E-state index contributed by atoms with van der Waals surface area (Å²) in [6, 6.07) is 12.9. The van der Waals surface area contributed by atoms with Crippen LogP contribution in [0.3, 0.4) is 0 Å². The smallest absolute Gasteiger partial charge is 0.194 e. The first-order valence-corrected chi connectivity index (χ1v) is 9.46. The van der Waals surface area contributed by atoms with Crippen molar-refractivity contribution in [2.45, 2.75) is 52.1 Å². The fraction of sp³-hybridized carbons (Fsp3) is 0.409. The highest BCUT2D eigenvalue weighted by atomic mass is 16.1. The fourth-order valence-corrected chi connectivity index (χ4v) is 4.32. The van der Waals surface area contributed by atoms with E-state index in [1.54, 1.807) is 0 Å². The third-order valence-electron chi connectivity index (χ3n) is 5.79. The van der Waals surface area contributed by atoms with Crippen molar-refractivity contribution in [1.29, 1.82) is 0 Å². The van der Waals surface area contributed by atoms with E-state index in [9.17, 15) is 4.79 Å². The highest BCUT2D eigenvalue weighted by molar-refractivity contribution is 6.05. The molecule has 1 fully saturated rings. The molecule has 1 aliphatic rings. The van der Waals surface area contributed by atoms with E-state index in [1.165, 1.54) is 24.6 Å². The summed E-state index contributed by atoms with van der Waals surface area (Å²) in [5, 5.41) is 3.10. The van der Waals surface area contributed by atoms with Crippen LogP contribution in [-0.2, 0) is 6.54 Å². The summed E-state index contributed by atoms with van der Waals surface area (Å²) >= 11 is 0. The normalized spacial score (nSPS) is 18.9. The van der Waals surface area contributed by atoms with E-state index in [2.05, 4.69) is 35.0 Å². The van der Waals surface area contributed by atoms with E-state index in [-0.39, 0.29) is 5.43 Å². The maximum absolute atomic E-state index is 13.2. The third-order valence-corrected chi connectivity index (χ3v) is 5.79. The average molecular weight is 334 g/mol. The third kappa shape index (κ3) is 2.87. The molecule has 130 valence electrons. The number of H-pyrrole nitrogens is 1. The van der Waals surface area contributed by atoms with E-state index in [4.69, 9.17) is 0 Å². The van der Waals surface area contributed by atoms with Crippen molar-refractivity contribution in [2.24, 2.45) is 0 Å². The van der Waals surface area contributed by atoms with Crippen LogP contribution in [0.4, 0.5) is 0 Å². The minimum atomic E-state index is 0.192. The molecular weight excluding hydrogens is 308 g/mol. The van der Waals surface area contributed by atoms with Crippen LogP contribution in [0.25, 0.3) is 21.7 Å². The Bertz CT molecular complexity index is 973. The van der Waals surface area contributed by atoms with Gasteiger partial charge in [-0.15, -0.1) is 0 Å². The Morgan fingerprint density at radius 3 is 2.80 bits per heavy atom. The molecule has 0 unspecified atom stereocenters. The number of aryl methyl sites for hydroxylation is 1. The molecule has 0 bridgehead atoms. The number of rotatable bonds is 3. The predicted molar refractivity (Wildman–Crippen MR) is 105 cm³/mol. The molecule has 0 aliphatic carbocycles. The highest BCUT2D eigenvalue weighted by Gasteiger charge is 2.23. The number of hydrogen-bond acceptors (Lipinski definition) is 2. The molecule has 0 saturated carbocycles. The van der Waals surface area contributed by atoms with Gasteiger partial charge in [-0.25, -0.2) is 0 Å². The first-order valence-electron chi connectivity index (χ1n) is 9.46. The Kier molecular flexibility index (Phi) is 4.34. The first kappa shape index (κ1) is 16.3. The van der Waals surface area contributed by atoms with Crippen LogP contribution < -0.4 is 5.43 Å². The molecule has 4 rings (SSSR count). The van der Waals surface area contributed by atoms with Crippen LogP contribution in [0.1, 0.15) is 43.9 Å². The van der Waals surface area contributed by atoms with E-state index in [0.29, 0.717) is 6.04 Å². The van der Waals surface area contributed by atoms with Crippen LogP contribution in [0, 0.1) is 6.92 Å². The quantitative estimate of drug-likeness (QED) is 0.701. The Labute approximate surface area is 148 Å². The maximum Gasteiger partial charge on any atom is 0.194 e. The van der Waals surface area contributed by atoms with E-state index < -0.39 is 0 Å². The number of piperidine rings is 1. The van der Waals surface area contributed by atoms with Gasteiger partial charge in [0.15, 0.2) is 5.43 Å². The molecule has 2 aromatic carbocycles. The van der Waals surface area contributed by atoms with Gasteiger partial charge < -0.3 is 4.98 Å². The van der Waals surface area contributed by atoms with Gasteiger partial charge in [0.2, 0.25) is 0 Å². The van der Waals surface area contributed by atoms with Gasteiger partial charge in [-0.2, -0.15) is 0 Å². The molecule has 1 saturated heterocycles. The number of aromatic amines is 1. The van der Waals surface area contributed by atoms with Crippen molar-refractivity contribution < 1.29 is 0 Å². The molecule has 1 N–H and O–H groups in total. The minimum absolute atomic E-state index is 0.192. The number of aromatic nitrogens is 1. The van der Waals surface area contributed by atoms with Gasteiger partial charge in [0, 0.05) is 34.6 Å². The Hall–Kier alpha value is -2.13. The summed E-state index contributed by atoms with van der Waals surface area (Å²) < 4.78 is 0. The lowest BCUT2D eigenvalue weighted by atomic mass is 9.98. The average Bonchev–Trinajstić information content (AvgIpc) is 2.65. The molecule has 0 amide bonds. The molecule has 3 heteroatoms. The van der Waals surface area contributed by atoms with Gasteiger partial charge in [-0.05, 0) is 44.2 Å². The molecule has 0 spiro atoms. The summed E-state index contributed by atoms with van der Waals surface area (Å²) in [7, 11) is 0. The van der Waals surface area contributed by atoms with Crippen LogP contribution >= 0.6 is 0 Å². The molecular formula is C22H26N2O. The Morgan fingerprint density at radius 1 is 1.12 bits per heavy atom. The van der Waals surface area contributed by atoms with Crippen molar-refractivity contribution >= 4 is 21.7 Å². The second kappa shape index (κ2) is 6.64. The predicted octanol–water partition coefficient (Wildman–Crippen LogP) is 4.75. The summed E-state index contributed by atoms with van der Waals surface area (Å²) in [6.45, 7) is 6.17. The summed E-state index contributed by atoms with van der Waals surface area (Å²) in [5.41, 5.74) is 3.10. The fourth-order valence-electron chi connectivity index (χ4n) is 4.32. The second-order valence-electron chi connectivity index (χ2n) is 7.30. The standard InChI is InChI=1S/C22H26N2O/c1-3-17-9-6-7-13-24(17)14-20-15(2)23-21-18-10-5-4-8-16(18)11-12-19(21)22(20)25/h4-5,8,10-12,17H,3,6-7,9,13-14H2,1-2H3,(H,23,25)/t17-/m0/s1. The molecule has 1 atom stereocenters. The number of nitrogens with one attached hydrogen (secondary N) is 1. The molecule has 0 radical (unpaired) electrons. The number of pyridine rings is 1. The van der Waals surface area contributed by atoms with E-state index >= 15 is 0 Å². The molecule has 3 nitrogen and oxygen atoms in total. The molecule has 2 heterocycles. The lowest BCUT2D eigenvalue weighted by molar-refractivity contribution is 0.135. The summed E-state index contributed by atoms with van der Waals surface area (Å²) in [6.07, 6.45) is 4.97. The zero-order chi connectivity index (χ0) is 17.4. The van der Waals surface area contributed by atoms with Gasteiger partial charge in [0.1, 0.15) is 0 Å². The van der Waals surface area contributed by atoms with E-state index in [1.807, 2.05) is 25.1 Å². The maximum atomic E-state index is 13.2. The molecule has 1 aromatic heterocycles. The minimum Gasteiger partial charge on any atom is -0.358 e. The lowest BCUT2D eigenvalue weighted by Crippen LogP contribution is -2.39. The number of benzene rings is 2. The summed E-state index contributed by atoms with van der Waals surface area (Å²) in [5.74, 6) is 0. The zero-order valence-electron chi connectivity index (χ0n) is 15.1. The van der Waals surface area contributed by atoms with E-state index in [0.717, 1.165) is 47.1 Å². The molecule has 25 heavy (non-hydrogen) atoms. The van der Waals surface area contributed by atoms with Crippen molar-refractivity contribution in [2.75, 3.05) is 6.54 Å². The van der Waals surface area contributed by atoms with Crippen molar-refractivity contribution in [3.05, 3.63) is 57.9 Å². The summed E-state index contributed by atoms with van der Waals surface area (Å²) in [4.78, 5) is 19.3. The Balaban J connectivity index is 1.82. The number of hydrogen-bond donors (Lipinski definition) is 1. The van der Waals surface area contributed by atoms with Crippen LogP contribution in [0.5, 0.6) is 0 Å². The van der Waals surface area contributed by atoms with Crippen LogP contribution in [-0.4, -0.2) is 22.5 Å². The van der Waals surface area contributed by atoms with Crippen molar-refractivity contribution in [1.82, 2.24) is 9.88 Å². The number of fused-ring (bicyclic) bond motifs is 3. The second-order valence-corrected chi connectivity index (χ2v) is 7.30. The Morgan fingerprint density at radius 2 is 1.96 bits per heavy atom. The van der Waals surface area contributed by atoms with Crippen LogP contribution in [0.2, 0.25) is 0 Å². The molecule has 3 aromatic rings. The monoisotopic (exact) mass is 334 g/mol. The van der Waals surface area contributed by atoms with Gasteiger partial charge in [0.25, 0.3) is 0 Å².